The second-order valence-electron chi connectivity index (χ2n) is 7.21. The molecule has 1 fully saturated rings. The monoisotopic (exact) mass is 380 g/mol. The summed E-state index contributed by atoms with van der Waals surface area (Å²) in [6.07, 6.45) is 2.75. The maximum absolute atomic E-state index is 12.4. The summed E-state index contributed by atoms with van der Waals surface area (Å²) in [5.41, 5.74) is 2.23. The van der Waals surface area contributed by atoms with Crippen LogP contribution >= 0.6 is 0 Å². The number of nitrogens with zero attached hydrogens (tertiary/aromatic N) is 1. The Hall–Kier alpha value is -2.82. The molecule has 28 heavy (non-hydrogen) atoms. The predicted octanol–water partition coefficient (Wildman–Crippen LogP) is 3.18. The van der Waals surface area contributed by atoms with Crippen molar-refractivity contribution in [3.63, 3.8) is 0 Å². The number of hydrogen-bond donors (Lipinski definition) is 1. The summed E-state index contributed by atoms with van der Waals surface area (Å²) < 4.78 is 5.14. The third-order valence-electron chi connectivity index (χ3n) is 5.31. The number of amides is 2. The van der Waals surface area contributed by atoms with E-state index in [2.05, 4.69) is 5.32 Å². The minimum atomic E-state index is -0.0172. The quantitative estimate of drug-likeness (QED) is 0.803. The van der Waals surface area contributed by atoms with E-state index in [1.54, 1.807) is 7.11 Å². The fraction of sp³-hybridized carbons (Fsp3) is 0.391. The highest BCUT2D eigenvalue weighted by Crippen LogP contribution is 2.19. The van der Waals surface area contributed by atoms with Gasteiger partial charge in [-0.05, 0) is 42.5 Å². The van der Waals surface area contributed by atoms with Crippen molar-refractivity contribution in [3.8, 4) is 5.75 Å². The number of nitrogens with one attached hydrogen (secondary N) is 1. The number of ether oxygens (including phenoxy) is 1. The van der Waals surface area contributed by atoms with Gasteiger partial charge in [0.15, 0.2) is 0 Å². The largest absolute Gasteiger partial charge is 0.497 e. The third kappa shape index (κ3) is 5.59. The number of carbonyl (C=O) groups is 2. The van der Waals surface area contributed by atoms with Crippen LogP contribution in [0.2, 0.25) is 0 Å². The minimum absolute atomic E-state index is 0.0172. The van der Waals surface area contributed by atoms with Crippen molar-refractivity contribution in [2.24, 2.45) is 5.92 Å². The van der Waals surface area contributed by atoms with Crippen molar-refractivity contribution in [1.29, 1.82) is 0 Å². The van der Waals surface area contributed by atoms with E-state index in [4.69, 9.17) is 4.74 Å². The maximum atomic E-state index is 12.4. The Kier molecular flexibility index (Phi) is 7.06. The highest BCUT2D eigenvalue weighted by Gasteiger charge is 2.26. The van der Waals surface area contributed by atoms with Gasteiger partial charge in [0.1, 0.15) is 5.75 Å². The summed E-state index contributed by atoms with van der Waals surface area (Å²) in [4.78, 5) is 26.8. The maximum Gasteiger partial charge on any atom is 0.223 e. The molecule has 0 atom stereocenters. The van der Waals surface area contributed by atoms with Gasteiger partial charge in [0.05, 0.1) is 7.11 Å². The van der Waals surface area contributed by atoms with Crippen LogP contribution in [0.25, 0.3) is 0 Å². The normalized spacial score (nSPS) is 14.5. The average molecular weight is 380 g/mol. The second kappa shape index (κ2) is 9.93. The van der Waals surface area contributed by atoms with E-state index >= 15 is 0 Å². The Labute approximate surface area is 166 Å². The van der Waals surface area contributed by atoms with Crippen molar-refractivity contribution < 1.29 is 14.3 Å². The van der Waals surface area contributed by atoms with E-state index in [0.717, 1.165) is 30.6 Å². The van der Waals surface area contributed by atoms with E-state index < -0.39 is 0 Å². The van der Waals surface area contributed by atoms with E-state index in [-0.39, 0.29) is 17.7 Å². The summed E-state index contributed by atoms with van der Waals surface area (Å²) in [7, 11) is 1.63. The van der Waals surface area contributed by atoms with Gasteiger partial charge in [-0.25, -0.2) is 0 Å². The molecule has 148 valence electrons. The SMILES string of the molecule is COc1ccc(CNC(=O)C2CCN(C(=O)CCc3ccccc3)CC2)cc1. The smallest absolute Gasteiger partial charge is 0.223 e. The van der Waals surface area contributed by atoms with Gasteiger partial charge in [-0.2, -0.15) is 0 Å². The topological polar surface area (TPSA) is 58.6 Å². The minimum Gasteiger partial charge on any atom is -0.497 e. The summed E-state index contributed by atoms with van der Waals surface area (Å²) in [6, 6.07) is 17.8. The van der Waals surface area contributed by atoms with Crippen LogP contribution in [0, 0.1) is 5.92 Å². The van der Waals surface area contributed by atoms with Crippen molar-refractivity contribution in [2.75, 3.05) is 20.2 Å². The molecule has 1 heterocycles. The molecule has 0 saturated carbocycles. The molecule has 0 spiro atoms. The first-order chi connectivity index (χ1) is 13.7. The Morgan fingerprint density at radius 2 is 1.68 bits per heavy atom. The number of hydrogen-bond acceptors (Lipinski definition) is 3. The van der Waals surface area contributed by atoms with Crippen LogP contribution in [0.4, 0.5) is 0 Å². The number of rotatable bonds is 7. The highest BCUT2D eigenvalue weighted by atomic mass is 16.5. The Morgan fingerprint density at radius 1 is 1.00 bits per heavy atom. The molecular weight excluding hydrogens is 352 g/mol. The van der Waals surface area contributed by atoms with Crippen LogP contribution in [0.3, 0.4) is 0 Å². The molecule has 1 N–H and O–H groups in total. The molecule has 2 amide bonds. The van der Waals surface area contributed by atoms with Crippen LogP contribution in [-0.4, -0.2) is 36.9 Å². The third-order valence-corrected chi connectivity index (χ3v) is 5.31. The Bertz CT molecular complexity index is 766. The molecule has 0 unspecified atom stereocenters. The van der Waals surface area contributed by atoms with Gasteiger partial charge < -0.3 is 15.0 Å². The van der Waals surface area contributed by atoms with Gasteiger partial charge in [-0.15, -0.1) is 0 Å². The second-order valence-corrected chi connectivity index (χ2v) is 7.21. The number of carbonyl (C=O) groups excluding carboxylic acids is 2. The molecule has 2 aromatic carbocycles. The molecule has 3 rings (SSSR count). The zero-order chi connectivity index (χ0) is 19.8. The Balaban J connectivity index is 1.38. The molecule has 0 aliphatic carbocycles. The lowest BCUT2D eigenvalue weighted by molar-refractivity contribution is -0.135. The summed E-state index contributed by atoms with van der Waals surface area (Å²) in [5, 5.41) is 3.01. The van der Waals surface area contributed by atoms with Crippen molar-refractivity contribution in [1.82, 2.24) is 10.2 Å². The molecule has 0 bridgehead atoms. The fourth-order valence-corrected chi connectivity index (χ4v) is 3.52. The zero-order valence-electron chi connectivity index (χ0n) is 16.4. The lowest BCUT2D eigenvalue weighted by atomic mass is 9.95. The highest BCUT2D eigenvalue weighted by molar-refractivity contribution is 5.80. The number of aryl methyl sites for hydroxylation is 1. The number of piperidine rings is 1. The molecule has 0 radical (unpaired) electrons. The first-order valence-corrected chi connectivity index (χ1v) is 9.88. The predicted molar refractivity (Wildman–Crippen MR) is 109 cm³/mol. The molecule has 1 aliphatic heterocycles. The van der Waals surface area contributed by atoms with E-state index in [0.29, 0.717) is 26.1 Å². The molecule has 1 saturated heterocycles. The lowest BCUT2D eigenvalue weighted by Gasteiger charge is -2.31. The molecule has 1 aliphatic rings. The lowest BCUT2D eigenvalue weighted by Crippen LogP contribution is -2.43. The number of methoxy groups -OCH3 is 1. The van der Waals surface area contributed by atoms with Gasteiger partial charge in [-0.1, -0.05) is 42.5 Å². The average Bonchev–Trinajstić information content (AvgIpc) is 2.77. The van der Waals surface area contributed by atoms with E-state index in [9.17, 15) is 9.59 Å². The Morgan fingerprint density at radius 3 is 2.32 bits per heavy atom. The van der Waals surface area contributed by atoms with Gasteiger partial charge in [0.25, 0.3) is 0 Å². The van der Waals surface area contributed by atoms with Crippen molar-refractivity contribution in [2.45, 2.75) is 32.2 Å². The molecule has 5 nitrogen and oxygen atoms in total. The summed E-state index contributed by atoms with van der Waals surface area (Å²) in [6.45, 7) is 1.83. The molecular formula is C23H28N2O3. The first-order valence-electron chi connectivity index (χ1n) is 9.88. The summed E-state index contributed by atoms with van der Waals surface area (Å²) in [5.74, 6) is 1.05. The van der Waals surface area contributed by atoms with Gasteiger partial charge in [0.2, 0.25) is 11.8 Å². The van der Waals surface area contributed by atoms with Crippen molar-refractivity contribution >= 4 is 11.8 Å². The van der Waals surface area contributed by atoms with E-state index in [1.165, 1.54) is 5.56 Å². The fourth-order valence-electron chi connectivity index (χ4n) is 3.52. The molecule has 2 aromatic rings. The number of benzene rings is 2. The molecule has 5 heteroatoms. The van der Waals surface area contributed by atoms with Crippen LogP contribution in [0.5, 0.6) is 5.75 Å². The van der Waals surface area contributed by atoms with Crippen LogP contribution in [0.15, 0.2) is 54.6 Å². The van der Waals surface area contributed by atoms with Crippen LogP contribution in [-0.2, 0) is 22.6 Å². The van der Waals surface area contributed by atoms with Crippen molar-refractivity contribution in [3.05, 3.63) is 65.7 Å². The first kappa shape index (κ1) is 19.9. The van der Waals surface area contributed by atoms with Gasteiger partial charge >= 0.3 is 0 Å². The van der Waals surface area contributed by atoms with Crippen LogP contribution in [0.1, 0.15) is 30.4 Å². The van der Waals surface area contributed by atoms with Gasteiger partial charge in [-0.3, -0.25) is 9.59 Å². The standard InChI is InChI=1S/C23H28N2O3/c1-28-21-10-7-19(8-11-21)17-24-23(27)20-13-15-25(16-14-20)22(26)12-9-18-5-3-2-4-6-18/h2-8,10-11,20H,9,12-17H2,1H3,(H,24,27). The zero-order valence-corrected chi connectivity index (χ0v) is 16.4. The van der Waals surface area contributed by atoms with Gasteiger partial charge in [0, 0.05) is 32.0 Å². The van der Waals surface area contributed by atoms with Crippen LogP contribution < -0.4 is 10.1 Å². The summed E-state index contributed by atoms with van der Waals surface area (Å²) >= 11 is 0. The van der Waals surface area contributed by atoms with E-state index in [1.807, 2.05) is 59.5 Å². The number of likely N-dealkylation sites (tertiary alicyclic amines) is 1. The molecule has 0 aromatic heterocycles.